The lowest BCUT2D eigenvalue weighted by molar-refractivity contribution is 0.0962. The first kappa shape index (κ1) is 16.6. The number of hydrogen-bond donors (Lipinski definition) is 1. The van der Waals surface area contributed by atoms with Gasteiger partial charge < -0.3 is 5.32 Å². The molecule has 1 saturated heterocycles. The Labute approximate surface area is 141 Å². The van der Waals surface area contributed by atoms with Gasteiger partial charge in [-0.1, -0.05) is 18.2 Å². The molecule has 126 valence electrons. The molecular formula is C19H22FN3O. The number of rotatable bonds is 4. The van der Waals surface area contributed by atoms with Crippen molar-refractivity contribution in [1.29, 1.82) is 0 Å². The van der Waals surface area contributed by atoms with E-state index in [1.54, 1.807) is 13.1 Å². The van der Waals surface area contributed by atoms with Gasteiger partial charge in [0, 0.05) is 19.2 Å². The van der Waals surface area contributed by atoms with Crippen LogP contribution in [0.25, 0.3) is 0 Å². The van der Waals surface area contributed by atoms with Gasteiger partial charge in [-0.3, -0.25) is 14.7 Å². The number of carbonyl (C=O) groups is 1. The fraction of sp³-hybridized carbons (Fsp3) is 0.368. The van der Waals surface area contributed by atoms with E-state index in [4.69, 9.17) is 0 Å². The maximum absolute atomic E-state index is 13.9. The van der Waals surface area contributed by atoms with Crippen LogP contribution in [0, 0.1) is 12.7 Å². The van der Waals surface area contributed by atoms with E-state index in [9.17, 15) is 9.18 Å². The van der Waals surface area contributed by atoms with E-state index < -0.39 is 0 Å². The minimum atomic E-state index is -0.165. The average molecular weight is 327 g/mol. The fourth-order valence-corrected chi connectivity index (χ4v) is 3.34. The van der Waals surface area contributed by atoms with Crippen LogP contribution in [-0.4, -0.2) is 29.4 Å². The minimum absolute atomic E-state index is 0.124. The number of aryl methyl sites for hydroxylation is 1. The lowest BCUT2D eigenvalue weighted by atomic mass is 10.1. The van der Waals surface area contributed by atoms with Gasteiger partial charge in [0.05, 0.1) is 23.0 Å². The highest BCUT2D eigenvalue weighted by Gasteiger charge is 2.28. The first-order valence-electron chi connectivity index (χ1n) is 8.27. The summed E-state index contributed by atoms with van der Waals surface area (Å²) in [7, 11) is 1.61. The first-order valence-corrected chi connectivity index (χ1v) is 8.27. The molecule has 5 heteroatoms. The summed E-state index contributed by atoms with van der Waals surface area (Å²) in [4.78, 5) is 18.7. The summed E-state index contributed by atoms with van der Waals surface area (Å²) in [6, 6.07) is 10.8. The zero-order chi connectivity index (χ0) is 17.1. The quantitative estimate of drug-likeness (QED) is 0.938. The number of halogens is 1. The van der Waals surface area contributed by atoms with Gasteiger partial charge in [0.25, 0.3) is 5.91 Å². The lowest BCUT2D eigenvalue weighted by Crippen LogP contribution is -2.25. The topological polar surface area (TPSA) is 45.2 Å². The molecule has 1 N–H and O–H groups in total. The zero-order valence-corrected chi connectivity index (χ0v) is 14.1. The van der Waals surface area contributed by atoms with Crippen molar-refractivity contribution in [1.82, 2.24) is 15.2 Å². The Morgan fingerprint density at radius 1 is 1.33 bits per heavy atom. The van der Waals surface area contributed by atoms with E-state index in [0.29, 0.717) is 17.7 Å². The number of benzene rings is 1. The largest absolute Gasteiger partial charge is 0.355 e. The van der Waals surface area contributed by atoms with Gasteiger partial charge in [-0.05, 0) is 44.5 Å². The normalized spacial score (nSPS) is 17.9. The Bertz CT molecular complexity index is 747. The number of nitrogens with zero attached hydrogens (tertiary/aromatic N) is 2. The number of pyridine rings is 1. The van der Waals surface area contributed by atoms with Gasteiger partial charge in [0.15, 0.2) is 0 Å². The smallest absolute Gasteiger partial charge is 0.252 e. The summed E-state index contributed by atoms with van der Waals surface area (Å²) in [5.41, 5.74) is 2.99. The first-order chi connectivity index (χ1) is 11.6. The molecule has 0 radical (unpaired) electrons. The SMILES string of the molecule is CNC(=O)c1ccc([C@H]2CCCN2Cc2ccccc2F)nc1C. The van der Waals surface area contributed by atoms with E-state index >= 15 is 0 Å². The van der Waals surface area contributed by atoms with Crippen molar-refractivity contribution < 1.29 is 9.18 Å². The Kier molecular flexibility index (Phi) is 4.90. The lowest BCUT2D eigenvalue weighted by Gasteiger charge is -2.24. The molecule has 24 heavy (non-hydrogen) atoms. The number of amides is 1. The number of hydrogen-bond acceptors (Lipinski definition) is 3. The van der Waals surface area contributed by atoms with E-state index in [-0.39, 0.29) is 17.8 Å². The molecule has 2 heterocycles. The summed E-state index contributed by atoms with van der Waals surface area (Å²) in [6.45, 7) is 3.36. The molecule has 0 spiro atoms. The van der Waals surface area contributed by atoms with Gasteiger partial charge >= 0.3 is 0 Å². The van der Waals surface area contributed by atoms with Crippen molar-refractivity contribution in [3.05, 3.63) is 64.7 Å². The van der Waals surface area contributed by atoms with Crippen LogP contribution in [0.1, 0.15) is 46.2 Å². The molecule has 1 atom stereocenters. The van der Waals surface area contributed by atoms with E-state index in [0.717, 1.165) is 30.8 Å². The van der Waals surface area contributed by atoms with Crippen molar-refractivity contribution in [2.45, 2.75) is 32.4 Å². The maximum atomic E-state index is 13.9. The average Bonchev–Trinajstić information content (AvgIpc) is 3.04. The van der Waals surface area contributed by atoms with Crippen molar-refractivity contribution in [3.8, 4) is 0 Å². The number of nitrogens with one attached hydrogen (secondary N) is 1. The van der Waals surface area contributed by atoms with Gasteiger partial charge in [0.2, 0.25) is 0 Å². The van der Waals surface area contributed by atoms with Gasteiger partial charge in [-0.2, -0.15) is 0 Å². The van der Waals surface area contributed by atoms with Crippen LogP contribution in [0.3, 0.4) is 0 Å². The highest BCUT2D eigenvalue weighted by molar-refractivity contribution is 5.94. The van der Waals surface area contributed by atoms with Gasteiger partial charge in [-0.25, -0.2) is 4.39 Å². The fourth-order valence-electron chi connectivity index (χ4n) is 3.34. The zero-order valence-electron chi connectivity index (χ0n) is 14.1. The molecule has 1 aromatic heterocycles. The summed E-state index contributed by atoms with van der Waals surface area (Å²) in [5.74, 6) is -0.288. The third-order valence-corrected chi connectivity index (χ3v) is 4.62. The van der Waals surface area contributed by atoms with E-state index in [1.807, 2.05) is 31.2 Å². The van der Waals surface area contributed by atoms with Crippen molar-refractivity contribution in [3.63, 3.8) is 0 Å². The van der Waals surface area contributed by atoms with Crippen LogP contribution in [0.15, 0.2) is 36.4 Å². The Balaban J connectivity index is 1.82. The highest BCUT2D eigenvalue weighted by Crippen LogP contribution is 2.32. The molecule has 1 aliphatic rings. The molecular weight excluding hydrogens is 305 g/mol. The Hall–Kier alpha value is -2.27. The van der Waals surface area contributed by atoms with E-state index in [1.165, 1.54) is 6.07 Å². The molecule has 1 aliphatic heterocycles. The summed E-state index contributed by atoms with van der Waals surface area (Å²) < 4.78 is 13.9. The summed E-state index contributed by atoms with van der Waals surface area (Å²) in [5, 5.41) is 2.63. The molecule has 1 amide bonds. The van der Waals surface area contributed by atoms with Crippen molar-refractivity contribution >= 4 is 5.91 Å². The van der Waals surface area contributed by atoms with Crippen LogP contribution in [0.4, 0.5) is 4.39 Å². The van der Waals surface area contributed by atoms with Gasteiger partial charge in [0.1, 0.15) is 5.82 Å². The molecule has 0 saturated carbocycles. The van der Waals surface area contributed by atoms with Crippen LogP contribution in [-0.2, 0) is 6.54 Å². The summed E-state index contributed by atoms with van der Waals surface area (Å²) in [6.07, 6.45) is 2.07. The third kappa shape index (κ3) is 3.31. The molecule has 3 rings (SSSR count). The number of likely N-dealkylation sites (tertiary alicyclic amines) is 1. The van der Waals surface area contributed by atoms with Gasteiger partial charge in [-0.15, -0.1) is 0 Å². The molecule has 1 aromatic carbocycles. The van der Waals surface area contributed by atoms with Crippen molar-refractivity contribution in [2.75, 3.05) is 13.6 Å². The second-order valence-corrected chi connectivity index (χ2v) is 6.17. The molecule has 0 unspecified atom stereocenters. The molecule has 2 aromatic rings. The Morgan fingerprint density at radius 2 is 2.12 bits per heavy atom. The predicted octanol–water partition coefficient (Wildman–Crippen LogP) is 3.23. The van der Waals surface area contributed by atoms with Crippen LogP contribution >= 0.6 is 0 Å². The van der Waals surface area contributed by atoms with Crippen LogP contribution in [0.2, 0.25) is 0 Å². The standard InChI is InChI=1S/C19H22FN3O/c1-13-15(19(24)21-2)9-10-17(22-13)18-8-5-11-23(18)12-14-6-3-4-7-16(14)20/h3-4,6-7,9-10,18H,5,8,11-12H2,1-2H3,(H,21,24)/t18-/m1/s1. The van der Waals surface area contributed by atoms with Crippen LogP contribution < -0.4 is 5.32 Å². The second kappa shape index (κ2) is 7.09. The van der Waals surface area contributed by atoms with Crippen molar-refractivity contribution in [2.24, 2.45) is 0 Å². The van der Waals surface area contributed by atoms with Crippen LogP contribution in [0.5, 0.6) is 0 Å². The maximum Gasteiger partial charge on any atom is 0.252 e. The minimum Gasteiger partial charge on any atom is -0.355 e. The second-order valence-electron chi connectivity index (χ2n) is 6.17. The monoisotopic (exact) mass is 327 g/mol. The predicted molar refractivity (Wildman–Crippen MR) is 91.1 cm³/mol. The number of carbonyl (C=O) groups excluding carboxylic acids is 1. The number of aromatic nitrogens is 1. The van der Waals surface area contributed by atoms with E-state index in [2.05, 4.69) is 15.2 Å². The molecule has 4 nitrogen and oxygen atoms in total. The molecule has 1 fully saturated rings. The molecule has 0 aliphatic carbocycles. The highest BCUT2D eigenvalue weighted by atomic mass is 19.1. The summed E-state index contributed by atoms with van der Waals surface area (Å²) >= 11 is 0. The molecule has 0 bridgehead atoms. The Morgan fingerprint density at radius 3 is 2.83 bits per heavy atom. The third-order valence-electron chi connectivity index (χ3n) is 4.62.